The molecule has 0 bridgehead atoms. The van der Waals surface area contributed by atoms with Gasteiger partial charge in [-0.1, -0.05) is 7.43 Å². The third kappa shape index (κ3) is 4.97. The average Bonchev–Trinajstić information content (AvgIpc) is 3.16. The van der Waals surface area contributed by atoms with Gasteiger partial charge in [-0.2, -0.15) is 41.1 Å². The minimum atomic E-state index is -4.50. The molecule has 0 spiro atoms. The van der Waals surface area contributed by atoms with Gasteiger partial charge >= 0.3 is 6.18 Å². The molecule has 2 amide bonds. The van der Waals surface area contributed by atoms with E-state index in [9.17, 15) is 27.2 Å². The van der Waals surface area contributed by atoms with Crippen LogP contribution in [0.25, 0.3) is 0 Å². The summed E-state index contributed by atoms with van der Waals surface area (Å²) in [7, 11) is 0. The summed E-state index contributed by atoms with van der Waals surface area (Å²) in [6.07, 6.45) is -1.30. The highest BCUT2D eigenvalue weighted by molar-refractivity contribution is 7.59. The molecule has 3 heterocycles. The Morgan fingerprint density at radius 2 is 1.82 bits per heavy atom. The number of carbonyl (C=O) groups excluding carboxylic acids is 2. The Bertz CT molecular complexity index is 1170. The molecule has 2 aromatic heterocycles. The standard InChI is InChI=1S/C19H14F4N6O2.CH4.H2S/c1-10-9-28(12-4-2-11(3-5-12)19(21,22)23)18(31)16-13(6-25-29(10)16)17(30)27-15-8-24-7-14(20)26-15;;/h2-8,10H,9H2,1H3,(H,26,27,30);1H4;1H2/t10-;;/m0../s1. The molecule has 1 aromatic carbocycles. The molecule has 0 saturated heterocycles. The second kappa shape index (κ2) is 9.57. The minimum absolute atomic E-state index is 0. The van der Waals surface area contributed by atoms with Crippen LogP contribution < -0.4 is 10.2 Å². The van der Waals surface area contributed by atoms with Crippen molar-refractivity contribution in [2.24, 2.45) is 0 Å². The Hall–Kier alpha value is -3.48. The van der Waals surface area contributed by atoms with Crippen LogP contribution in [0.3, 0.4) is 0 Å². The third-order valence-electron chi connectivity index (χ3n) is 4.71. The Balaban J connectivity index is 0.00000193. The lowest BCUT2D eigenvalue weighted by molar-refractivity contribution is -0.137. The first-order chi connectivity index (χ1) is 14.6. The summed E-state index contributed by atoms with van der Waals surface area (Å²) in [4.78, 5) is 34.1. The number of nitrogens with one attached hydrogen (secondary N) is 1. The fraction of sp³-hybridized carbons (Fsp3) is 0.250. The zero-order valence-electron chi connectivity index (χ0n) is 16.4. The quantitative estimate of drug-likeness (QED) is 0.566. The van der Waals surface area contributed by atoms with Crippen LogP contribution in [0.4, 0.5) is 29.1 Å². The smallest absolute Gasteiger partial charge is 0.305 e. The van der Waals surface area contributed by atoms with E-state index in [0.29, 0.717) is 0 Å². The van der Waals surface area contributed by atoms with Crippen LogP contribution in [0.2, 0.25) is 0 Å². The molecule has 1 aliphatic rings. The zero-order valence-corrected chi connectivity index (χ0v) is 17.4. The number of amides is 2. The van der Waals surface area contributed by atoms with Crippen molar-refractivity contribution in [3.63, 3.8) is 0 Å². The maximum Gasteiger partial charge on any atom is 0.416 e. The van der Waals surface area contributed by atoms with E-state index in [-0.39, 0.29) is 56.3 Å². The van der Waals surface area contributed by atoms with Crippen LogP contribution in [-0.4, -0.2) is 38.1 Å². The van der Waals surface area contributed by atoms with Crippen LogP contribution in [-0.2, 0) is 6.18 Å². The summed E-state index contributed by atoms with van der Waals surface area (Å²) in [6.45, 7) is 1.90. The number of nitrogens with zero attached hydrogens (tertiary/aromatic N) is 5. The lowest BCUT2D eigenvalue weighted by Gasteiger charge is -2.32. The van der Waals surface area contributed by atoms with Gasteiger partial charge in [0.15, 0.2) is 5.82 Å². The van der Waals surface area contributed by atoms with Crippen LogP contribution in [0, 0.1) is 5.95 Å². The topological polar surface area (TPSA) is 93.0 Å². The largest absolute Gasteiger partial charge is 0.416 e. The summed E-state index contributed by atoms with van der Waals surface area (Å²) < 4.78 is 53.1. The van der Waals surface area contributed by atoms with Gasteiger partial charge < -0.3 is 10.2 Å². The summed E-state index contributed by atoms with van der Waals surface area (Å²) in [5.74, 6) is -2.41. The zero-order chi connectivity index (χ0) is 22.3. The molecule has 33 heavy (non-hydrogen) atoms. The molecule has 1 aliphatic heterocycles. The first kappa shape index (κ1) is 25.8. The van der Waals surface area contributed by atoms with Gasteiger partial charge in [-0.05, 0) is 31.2 Å². The van der Waals surface area contributed by atoms with E-state index >= 15 is 0 Å². The molecule has 0 fully saturated rings. The second-order valence-corrected chi connectivity index (χ2v) is 6.84. The average molecular weight is 484 g/mol. The van der Waals surface area contributed by atoms with E-state index in [1.807, 2.05) is 0 Å². The molecule has 1 atom stereocenters. The highest BCUT2D eigenvalue weighted by Crippen LogP contribution is 2.32. The fourth-order valence-electron chi connectivity index (χ4n) is 3.27. The van der Waals surface area contributed by atoms with Gasteiger partial charge in [0, 0.05) is 12.2 Å². The molecule has 1 N–H and O–H groups in total. The van der Waals surface area contributed by atoms with Crippen LogP contribution in [0.1, 0.15) is 46.8 Å². The van der Waals surface area contributed by atoms with Crippen LogP contribution >= 0.6 is 13.5 Å². The van der Waals surface area contributed by atoms with Gasteiger partial charge in [0.2, 0.25) is 5.95 Å². The summed E-state index contributed by atoms with van der Waals surface area (Å²) in [5, 5.41) is 6.44. The second-order valence-electron chi connectivity index (χ2n) is 6.84. The number of halogens is 4. The number of rotatable bonds is 3. The van der Waals surface area contributed by atoms with Gasteiger partial charge in [0.05, 0.1) is 35.8 Å². The highest BCUT2D eigenvalue weighted by Gasteiger charge is 2.36. The van der Waals surface area contributed by atoms with Crippen molar-refractivity contribution in [2.75, 3.05) is 16.8 Å². The van der Waals surface area contributed by atoms with Crippen molar-refractivity contribution in [2.45, 2.75) is 26.6 Å². The summed E-state index contributed by atoms with van der Waals surface area (Å²) >= 11 is 0. The van der Waals surface area contributed by atoms with Gasteiger partial charge in [0.25, 0.3) is 11.8 Å². The maximum atomic E-state index is 13.2. The van der Waals surface area contributed by atoms with Crippen molar-refractivity contribution in [1.29, 1.82) is 0 Å². The molecule has 4 rings (SSSR count). The number of carbonyl (C=O) groups is 2. The molecule has 0 saturated carbocycles. The summed E-state index contributed by atoms with van der Waals surface area (Å²) in [6, 6.07) is 3.80. The molecule has 0 aliphatic carbocycles. The van der Waals surface area contributed by atoms with E-state index in [4.69, 9.17) is 0 Å². The molecular weight excluding hydrogens is 464 g/mol. The highest BCUT2D eigenvalue weighted by atomic mass is 32.1. The summed E-state index contributed by atoms with van der Waals surface area (Å²) in [5.41, 5.74) is -0.713. The Kier molecular flexibility index (Phi) is 7.47. The fourth-order valence-corrected chi connectivity index (χ4v) is 3.27. The SMILES string of the molecule is C.C[C@H]1CN(c2ccc(C(F)(F)F)cc2)C(=O)c2c(C(=O)Nc3cncc(F)n3)cnn21.S. The Labute approximate surface area is 193 Å². The van der Waals surface area contributed by atoms with Gasteiger partial charge in [-0.25, -0.2) is 0 Å². The lowest BCUT2D eigenvalue weighted by atomic mass is 10.1. The number of anilines is 2. The molecule has 176 valence electrons. The number of benzene rings is 1. The molecule has 0 unspecified atom stereocenters. The van der Waals surface area contributed by atoms with E-state index in [2.05, 4.69) is 20.4 Å². The van der Waals surface area contributed by atoms with E-state index in [0.717, 1.165) is 24.5 Å². The number of fused-ring (bicyclic) bond motifs is 1. The molecule has 0 radical (unpaired) electrons. The normalized spacial score (nSPS) is 15.2. The van der Waals surface area contributed by atoms with E-state index < -0.39 is 29.5 Å². The third-order valence-corrected chi connectivity index (χ3v) is 4.71. The van der Waals surface area contributed by atoms with E-state index in [1.165, 1.54) is 27.9 Å². The van der Waals surface area contributed by atoms with Crippen LogP contribution in [0.15, 0.2) is 42.9 Å². The van der Waals surface area contributed by atoms with Gasteiger partial charge in [0.1, 0.15) is 5.69 Å². The Morgan fingerprint density at radius 1 is 1.15 bits per heavy atom. The molecule has 3 aromatic rings. The van der Waals surface area contributed by atoms with Crippen molar-refractivity contribution < 1.29 is 27.2 Å². The van der Waals surface area contributed by atoms with Crippen LogP contribution in [0.5, 0.6) is 0 Å². The molecule has 13 heteroatoms. The lowest BCUT2D eigenvalue weighted by Crippen LogP contribution is -2.43. The predicted molar refractivity (Wildman–Crippen MR) is 117 cm³/mol. The predicted octanol–water partition coefficient (Wildman–Crippen LogP) is 4.05. The van der Waals surface area contributed by atoms with Gasteiger partial charge in [-0.3, -0.25) is 19.3 Å². The van der Waals surface area contributed by atoms with Crippen molar-refractivity contribution in [1.82, 2.24) is 19.7 Å². The monoisotopic (exact) mass is 484 g/mol. The number of alkyl halides is 3. The van der Waals surface area contributed by atoms with Gasteiger partial charge in [-0.15, -0.1) is 0 Å². The van der Waals surface area contributed by atoms with E-state index in [1.54, 1.807) is 6.92 Å². The maximum absolute atomic E-state index is 13.2. The number of hydrogen-bond donors (Lipinski definition) is 1. The minimum Gasteiger partial charge on any atom is -0.305 e. The number of aromatic nitrogens is 4. The molecular formula is C20H20F4N6O2S. The van der Waals surface area contributed by atoms with Crippen molar-refractivity contribution in [3.05, 3.63) is 65.6 Å². The Morgan fingerprint density at radius 3 is 2.42 bits per heavy atom. The van der Waals surface area contributed by atoms with Crippen molar-refractivity contribution in [3.8, 4) is 0 Å². The van der Waals surface area contributed by atoms with Crippen molar-refractivity contribution >= 4 is 36.8 Å². The first-order valence-corrected chi connectivity index (χ1v) is 9.00. The molecule has 8 nitrogen and oxygen atoms in total. The number of hydrogen-bond acceptors (Lipinski definition) is 5. The first-order valence-electron chi connectivity index (χ1n) is 9.00.